The Hall–Kier alpha value is -3.44. The summed E-state index contributed by atoms with van der Waals surface area (Å²) in [7, 11) is 0. The zero-order valence-corrected chi connectivity index (χ0v) is 19.5. The summed E-state index contributed by atoms with van der Waals surface area (Å²) in [4.78, 5) is 27.4. The second-order valence-corrected chi connectivity index (χ2v) is 9.79. The van der Waals surface area contributed by atoms with E-state index >= 15 is 0 Å². The summed E-state index contributed by atoms with van der Waals surface area (Å²) < 4.78 is 0. The van der Waals surface area contributed by atoms with Crippen molar-refractivity contribution in [3.8, 4) is 11.1 Å². The standard InChI is InChI=1S/C28H25ClN4O/c29-22-10-11-25-26(13-22)31-27(14-30-25)32-15-19-12-20(16-32)18-33(17-19)28(34)24-9-5-4-8-23(24)21-6-2-1-3-7-21/h1-11,13-14,19-20H,12,15-18H2. The van der Waals surface area contributed by atoms with Crippen molar-refractivity contribution in [1.29, 1.82) is 0 Å². The molecule has 5 nitrogen and oxygen atoms in total. The van der Waals surface area contributed by atoms with Gasteiger partial charge in [0.1, 0.15) is 5.82 Å². The first-order valence-corrected chi connectivity index (χ1v) is 12.1. The van der Waals surface area contributed by atoms with Gasteiger partial charge in [0.05, 0.1) is 17.2 Å². The van der Waals surface area contributed by atoms with Crippen molar-refractivity contribution in [3.05, 3.63) is 89.6 Å². The van der Waals surface area contributed by atoms with Crippen molar-refractivity contribution in [2.75, 3.05) is 31.1 Å². The number of halogens is 1. The van der Waals surface area contributed by atoms with Gasteiger partial charge in [0.15, 0.2) is 0 Å². The number of anilines is 1. The predicted octanol–water partition coefficient (Wildman–Crippen LogP) is 5.55. The summed E-state index contributed by atoms with van der Waals surface area (Å²) >= 11 is 6.16. The van der Waals surface area contributed by atoms with Gasteiger partial charge in [-0.2, -0.15) is 0 Å². The van der Waals surface area contributed by atoms with Crippen molar-refractivity contribution in [2.45, 2.75) is 6.42 Å². The minimum atomic E-state index is 0.128. The Morgan fingerprint density at radius 3 is 2.38 bits per heavy atom. The van der Waals surface area contributed by atoms with Crippen molar-refractivity contribution >= 4 is 34.4 Å². The number of rotatable bonds is 3. The molecule has 0 radical (unpaired) electrons. The number of benzene rings is 3. The van der Waals surface area contributed by atoms with E-state index in [1.165, 1.54) is 0 Å². The molecule has 2 aliphatic rings. The van der Waals surface area contributed by atoms with Crippen LogP contribution in [0.1, 0.15) is 16.8 Å². The summed E-state index contributed by atoms with van der Waals surface area (Å²) in [5.41, 5.74) is 4.51. The minimum Gasteiger partial charge on any atom is -0.355 e. The highest BCUT2D eigenvalue weighted by Gasteiger charge is 2.37. The maximum Gasteiger partial charge on any atom is 0.254 e. The molecule has 0 saturated carbocycles. The molecule has 0 aliphatic carbocycles. The smallest absolute Gasteiger partial charge is 0.254 e. The van der Waals surface area contributed by atoms with E-state index < -0.39 is 0 Å². The molecular weight excluding hydrogens is 444 g/mol. The molecule has 2 aliphatic heterocycles. The summed E-state index contributed by atoms with van der Waals surface area (Å²) in [5.74, 6) is 1.84. The molecule has 2 fully saturated rings. The van der Waals surface area contributed by atoms with Gasteiger partial charge >= 0.3 is 0 Å². The van der Waals surface area contributed by atoms with Crippen LogP contribution in [0.3, 0.4) is 0 Å². The van der Waals surface area contributed by atoms with Crippen LogP contribution in [-0.2, 0) is 0 Å². The number of likely N-dealkylation sites (tertiary alicyclic amines) is 1. The number of aromatic nitrogens is 2. The summed E-state index contributed by atoms with van der Waals surface area (Å²) in [6.45, 7) is 3.28. The van der Waals surface area contributed by atoms with E-state index in [1.807, 2.05) is 66.9 Å². The van der Waals surface area contributed by atoms with Crippen molar-refractivity contribution < 1.29 is 4.79 Å². The Balaban J connectivity index is 1.22. The van der Waals surface area contributed by atoms with E-state index in [9.17, 15) is 4.79 Å². The Labute approximate surface area is 204 Å². The van der Waals surface area contributed by atoms with Crippen molar-refractivity contribution in [1.82, 2.24) is 14.9 Å². The van der Waals surface area contributed by atoms with Gasteiger partial charge in [0.25, 0.3) is 5.91 Å². The second kappa shape index (κ2) is 8.73. The quantitative estimate of drug-likeness (QED) is 0.395. The fourth-order valence-corrected chi connectivity index (χ4v) is 5.64. The van der Waals surface area contributed by atoms with Crippen LogP contribution in [0, 0.1) is 11.8 Å². The van der Waals surface area contributed by atoms with Gasteiger partial charge in [-0.25, -0.2) is 4.98 Å². The highest BCUT2D eigenvalue weighted by molar-refractivity contribution is 6.31. The molecule has 0 spiro atoms. The molecule has 6 heteroatoms. The van der Waals surface area contributed by atoms with Crippen molar-refractivity contribution in [3.63, 3.8) is 0 Å². The van der Waals surface area contributed by atoms with Crippen LogP contribution < -0.4 is 4.90 Å². The Kier molecular flexibility index (Phi) is 5.42. The van der Waals surface area contributed by atoms with Crippen LogP contribution in [0.25, 0.3) is 22.2 Å². The van der Waals surface area contributed by atoms with Crippen LogP contribution in [-0.4, -0.2) is 47.0 Å². The molecule has 170 valence electrons. The van der Waals surface area contributed by atoms with Gasteiger partial charge in [0, 0.05) is 36.8 Å². The highest BCUT2D eigenvalue weighted by atomic mass is 35.5. The fraction of sp³-hybridized carbons (Fsp3) is 0.250. The third-order valence-corrected chi connectivity index (χ3v) is 7.16. The number of hydrogen-bond acceptors (Lipinski definition) is 4. The first kappa shape index (κ1) is 21.1. The van der Waals surface area contributed by atoms with Crippen LogP contribution >= 0.6 is 11.6 Å². The molecule has 2 unspecified atom stereocenters. The zero-order valence-electron chi connectivity index (χ0n) is 18.8. The molecule has 34 heavy (non-hydrogen) atoms. The van der Waals surface area contributed by atoms with Gasteiger partial charge in [-0.05, 0) is 53.6 Å². The van der Waals surface area contributed by atoms with Gasteiger partial charge in [-0.1, -0.05) is 60.1 Å². The number of hydrogen-bond donors (Lipinski definition) is 0. The Morgan fingerprint density at radius 2 is 1.59 bits per heavy atom. The first-order chi connectivity index (χ1) is 16.6. The molecule has 1 aromatic heterocycles. The predicted molar refractivity (Wildman–Crippen MR) is 136 cm³/mol. The fourth-order valence-electron chi connectivity index (χ4n) is 5.47. The maximum atomic E-state index is 13.6. The molecule has 4 aromatic rings. The summed E-state index contributed by atoms with van der Waals surface area (Å²) in [6, 6.07) is 23.7. The SMILES string of the molecule is O=C(c1ccccc1-c1ccccc1)N1CC2CC(C1)CN(c1cnc3ccc(Cl)cc3n1)C2. The lowest BCUT2D eigenvalue weighted by molar-refractivity contribution is 0.0565. The van der Waals surface area contributed by atoms with Crippen LogP contribution in [0.5, 0.6) is 0 Å². The number of piperidine rings is 2. The lowest BCUT2D eigenvalue weighted by Gasteiger charge is -2.46. The minimum absolute atomic E-state index is 0.128. The molecular formula is C28H25ClN4O. The van der Waals surface area contributed by atoms with E-state index in [2.05, 4.69) is 26.9 Å². The molecule has 2 bridgehead atoms. The van der Waals surface area contributed by atoms with Gasteiger partial charge < -0.3 is 9.80 Å². The number of fused-ring (bicyclic) bond motifs is 3. The van der Waals surface area contributed by atoms with Gasteiger partial charge in [0.2, 0.25) is 0 Å². The monoisotopic (exact) mass is 468 g/mol. The Bertz CT molecular complexity index is 1350. The van der Waals surface area contributed by atoms with Gasteiger partial charge in [-0.3, -0.25) is 9.78 Å². The van der Waals surface area contributed by atoms with E-state index in [0.29, 0.717) is 16.9 Å². The topological polar surface area (TPSA) is 49.3 Å². The number of carbonyl (C=O) groups excluding carboxylic acids is 1. The molecule has 2 atom stereocenters. The maximum absolute atomic E-state index is 13.6. The number of nitrogens with zero attached hydrogens (tertiary/aromatic N) is 4. The van der Waals surface area contributed by atoms with Gasteiger partial charge in [-0.15, -0.1) is 0 Å². The molecule has 3 aromatic carbocycles. The first-order valence-electron chi connectivity index (χ1n) is 11.7. The summed E-state index contributed by atoms with van der Waals surface area (Å²) in [6.07, 6.45) is 3.00. The lowest BCUT2D eigenvalue weighted by atomic mass is 9.84. The van der Waals surface area contributed by atoms with Crippen LogP contribution in [0.15, 0.2) is 79.0 Å². The lowest BCUT2D eigenvalue weighted by Crippen LogP contribution is -2.54. The van der Waals surface area contributed by atoms with Crippen molar-refractivity contribution in [2.24, 2.45) is 11.8 Å². The normalized spacial score (nSPS) is 19.9. The number of carbonyl (C=O) groups is 1. The molecule has 0 N–H and O–H groups in total. The molecule has 3 heterocycles. The molecule has 2 saturated heterocycles. The number of amides is 1. The van der Waals surface area contributed by atoms with Crippen LogP contribution in [0.4, 0.5) is 5.82 Å². The third-order valence-electron chi connectivity index (χ3n) is 6.93. The Morgan fingerprint density at radius 1 is 0.853 bits per heavy atom. The average molecular weight is 469 g/mol. The van der Waals surface area contributed by atoms with E-state index in [1.54, 1.807) is 0 Å². The third kappa shape index (κ3) is 4.01. The van der Waals surface area contributed by atoms with Crippen LogP contribution in [0.2, 0.25) is 5.02 Å². The molecule has 6 rings (SSSR count). The molecule has 1 amide bonds. The highest BCUT2D eigenvalue weighted by Crippen LogP contribution is 2.33. The largest absolute Gasteiger partial charge is 0.355 e. The van der Waals surface area contributed by atoms with E-state index in [0.717, 1.165) is 66.1 Å². The second-order valence-electron chi connectivity index (χ2n) is 9.36. The zero-order chi connectivity index (χ0) is 23.1. The summed E-state index contributed by atoms with van der Waals surface area (Å²) in [5, 5.41) is 0.666. The van der Waals surface area contributed by atoms with E-state index in [4.69, 9.17) is 16.6 Å². The van der Waals surface area contributed by atoms with E-state index in [-0.39, 0.29) is 5.91 Å². The average Bonchev–Trinajstić information content (AvgIpc) is 2.87.